The van der Waals surface area contributed by atoms with Crippen LogP contribution in [0, 0.1) is 37.5 Å². The van der Waals surface area contributed by atoms with Gasteiger partial charge in [0.1, 0.15) is 0 Å². The average molecular weight is 346 g/mol. The fourth-order valence-corrected chi connectivity index (χ4v) is 6.06. The van der Waals surface area contributed by atoms with Crippen LogP contribution >= 0.6 is 0 Å². The average Bonchev–Trinajstić information content (AvgIpc) is 2.52. The lowest BCUT2D eigenvalue weighted by atomic mass is 9.43. The summed E-state index contributed by atoms with van der Waals surface area (Å²) in [6.07, 6.45) is 4.12. The summed E-state index contributed by atoms with van der Waals surface area (Å²) in [7, 11) is 0. The molecular formula is C17H18N2O6. The van der Waals surface area contributed by atoms with Crippen molar-refractivity contribution in [3.63, 3.8) is 0 Å². The molecule has 8 nitrogen and oxygen atoms in total. The van der Waals surface area contributed by atoms with Crippen molar-refractivity contribution >= 4 is 17.3 Å². The standard InChI is InChI=1S/C17H18N2O6/c20-15(21)17-7-10-3-11(8-17)6-16(5-10,9-17)13-2-1-12(18(22)23)4-14(13)19(24)25/h1-2,4,10-11H,3,5-9H2,(H,20,21)/t10-,11+,16?,17?. The van der Waals surface area contributed by atoms with E-state index in [1.165, 1.54) is 12.1 Å². The highest BCUT2D eigenvalue weighted by Crippen LogP contribution is 2.66. The molecule has 132 valence electrons. The number of carbonyl (C=O) groups is 1. The number of nitro groups is 2. The number of rotatable bonds is 4. The molecule has 0 aliphatic heterocycles. The van der Waals surface area contributed by atoms with Gasteiger partial charge >= 0.3 is 5.97 Å². The summed E-state index contributed by atoms with van der Waals surface area (Å²) in [5.41, 5.74) is -1.45. The van der Waals surface area contributed by atoms with E-state index in [2.05, 4.69) is 0 Å². The Kier molecular flexibility index (Phi) is 3.20. The Morgan fingerprint density at radius 1 is 1.08 bits per heavy atom. The molecule has 1 N–H and O–H groups in total. The van der Waals surface area contributed by atoms with Gasteiger partial charge in [0, 0.05) is 17.0 Å². The van der Waals surface area contributed by atoms with Crippen molar-refractivity contribution in [1.82, 2.24) is 0 Å². The van der Waals surface area contributed by atoms with Crippen molar-refractivity contribution < 1.29 is 19.7 Å². The van der Waals surface area contributed by atoms with Crippen molar-refractivity contribution in [2.45, 2.75) is 43.9 Å². The van der Waals surface area contributed by atoms with Gasteiger partial charge in [0.15, 0.2) is 0 Å². The van der Waals surface area contributed by atoms with Gasteiger partial charge < -0.3 is 5.11 Å². The molecule has 25 heavy (non-hydrogen) atoms. The molecule has 4 atom stereocenters. The Labute approximate surface area is 143 Å². The Morgan fingerprint density at radius 2 is 1.72 bits per heavy atom. The Morgan fingerprint density at radius 3 is 2.24 bits per heavy atom. The van der Waals surface area contributed by atoms with E-state index in [1.54, 1.807) is 0 Å². The van der Waals surface area contributed by atoms with E-state index >= 15 is 0 Å². The number of nitrogens with zero attached hydrogens (tertiary/aromatic N) is 2. The summed E-state index contributed by atoms with van der Waals surface area (Å²) in [6, 6.07) is 3.80. The largest absolute Gasteiger partial charge is 0.481 e. The van der Waals surface area contributed by atoms with Crippen LogP contribution in [0.5, 0.6) is 0 Å². The first kappa shape index (κ1) is 16.0. The van der Waals surface area contributed by atoms with E-state index in [9.17, 15) is 30.1 Å². The van der Waals surface area contributed by atoms with E-state index in [-0.39, 0.29) is 23.2 Å². The predicted octanol–water partition coefficient (Wildman–Crippen LogP) is 3.43. The molecule has 0 saturated heterocycles. The van der Waals surface area contributed by atoms with Crippen LogP contribution in [0.3, 0.4) is 0 Å². The number of non-ortho nitro benzene ring substituents is 1. The maximum absolute atomic E-state index is 12.0. The SMILES string of the molecule is O=C(O)C12C[C@H]3C[C@@H](C1)CC(c1ccc([N+](=O)[O-])cc1[N+](=O)[O-])(C3)C2. The maximum Gasteiger partial charge on any atom is 0.309 e. The van der Waals surface area contributed by atoms with Crippen LogP contribution in [-0.4, -0.2) is 20.9 Å². The van der Waals surface area contributed by atoms with Gasteiger partial charge in [-0.05, 0) is 56.4 Å². The molecule has 5 rings (SSSR count). The highest BCUT2D eigenvalue weighted by Gasteiger charge is 2.62. The highest BCUT2D eigenvalue weighted by molar-refractivity contribution is 5.76. The smallest absolute Gasteiger partial charge is 0.309 e. The zero-order chi connectivity index (χ0) is 18.0. The molecule has 4 aliphatic rings. The summed E-state index contributed by atoms with van der Waals surface area (Å²) < 4.78 is 0. The van der Waals surface area contributed by atoms with Gasteiger partial charge in [0.25, 0.3) is 11.4 Å². The molecule has 0 heterocycles. The number of carboxylic acids is 1. The van der Waals surface area contributed by atoms with Crippen molar-refractivity contribution in [2.75, 3.05) is 0 Å². The third-order valence-corrected chi connectivity index (χ3v) is 6.47. The second kappa shape index (κ2) is 5.00. The van der Waals surface area contributed by atoms with Gasteiger partial charge in [-0.25, -0.2) is 0 Å². The van der Waals surface area contributed by atoms with Crippen molar-refractivity contribution in [2.24, 2.45) is 17.3 Å². The third kappa shape index (κ3) is 2.23. The van der Waals surface area contributed by atoms with E-state index in [1.807, 2.05) is 0 Å². The minimum Gasteiger partial charge on any atom is -0.481 e. The van der Waals surface area contributed by atoms with Crippen molar-refractivity contribution in [3.05, 3.63) is 44.0 Å². The molecule has 0 aromatic heterocycles. The summed E-state index contributed by atoms with van der Waals surface area (Å²) >= 11 is 0. The molecule has 8 heteroatoms. The number of aliphatic carboxylic acids is 1. The van der Waals surface area contributed by atoms with Gasteiger partial charge in [0.2, 0.25) is 0 Å². The molecule has 0 amide bonds. The van der Waals surface area contributed by atoms with Gasteiger partial charge in [-0.15, -0.1) is 0 Å². The molecular weight excluding hydrogens is 328 g/mol. The second-order valence-electron chi connectivity index (χ2n) is 8.04. The minimum absolute atomic E-state index is 0.253. The van der Waals surface area contributed by atoms with E-state index < -0.39 is 26.6 Å². The van der Waals surface area contributed by atoms with Crippen LogP contribution in [0.15, 0.2) is 18.2 Å². The third-order valence-electron chi connectivity index (χ3n) is 6.47. The lowest BCUT2D eigenvalue weighted by Gasteiger charge is -2.60. The number of carboxylic acid groups (broad SMARTS) is 1. The Hall–Kier alpha value is -2.51. The van der Waals surface area contributed by atoms with Crippen molar-refractivity contribution in [1.29, 1.82) is 0 Å². The lowest BCUT2D eigenvalue weighted by Crippen LogP contribution is -2.56. The van der Waals surface area contributed by atoms with Gasteiger partial charge in [-0.1, -0.05) is 0 Å². The van der Waals surface area contributed by atoms with E-state index in [4.69, 9.17) is 0 Å². The number of benzene rings is 1. The molecule has 4 aliphatic carbocycles. The highest BCUT2D eigenvalue weighted by atomic mass is 16.6. The second-order valence-corrected chi connectivity index (χ2v) is 8.04. The van der Waals surface area contributed by atoms with Crippen LogP contribution in [0.1, 0.15) is 44.1 Å². The Balaban J connectivity index is 1.85. The van der Waals surface area contributed by atoms with E-state index in [0.29, 0.717) is 24.8 Å². The molecule has 0 radical (unpaired) electrons. The van der Waals surface area contributed by atoms with Gasteiger partial charge in [-0.3, -0.25) is 25.0 Å². The predicted molar refractivity (Wildman–Crippen MR) is 86.2 cm³/mol. The van der Waals surface area contributed by atoms with Gasteiger partial charge in [-0.2, -0.15) is 0 Å². The first-order chi connectivity index (χ1) is 11.7. The molecule has 1 aromatic carbocycles. The number of hydrogen-bond acceptors (Lipinski definition) is 5. The van der Waals surface area contributed by atoms with Crippen LogP contribution in [0.2, 0.25) is 0 Å². The first-order valence-electron chi connectivity index (χ1n) is 8.41. The molecule has 4 saturated carbocycles. The van der Waals surface area contributed by atoms with E-state index in [0.717, 1.165) is 25.3 Å². The molecule has 2 unspecified atom stereocenters. The zero-order valence-corrected chi connectivity index (χ0v) is 13.5. The Bertz CT molecular complexity index is 790. The normalized spacial score (nSPS) is 35.5. The summed E-state index contributed by atoms with van der Waals surface area (Å²) in [5, 5.41) is 32.4. The molecule has 0 spiro atoms. The van der Waals surface area contributed by atoms with Crippen LogP contribution in [0.25, 0.3) is 0 Å². The maximum atomic E-state index is 12.0. The molecule has 4 fully saturated rings. The number of nitro benzene ring substituents is 2. The first-order valence-corrected chi connectivity index (χ1v) is 8.41. The van der Waals surface area contributed by atoms with Crippen LogP contribution < -0.4 is 0 Å². The molecule has 1 aromatic rings. The zero-order valence-electron chi connectivity index (χ0n) is 13.5. The quantitative estimate of drug-likeness (QED) is 0.658. The summed E-state index contributed by atoms with van der Waals surface area (Å²) in [5.74, 6) is -0.296. The topological polar surface area (TPSA) is 124 Å². The lowest BCUT2D eigenvalue weighted by molar-refractivity contribution is -0.395. The van der Waals surface area contributed by atoms with Crippen molar-refractivity contribution in [3.8, 4) is 0 Å². The summed E-state index contributed by atoms with van der Waals surface area (Å²) in [6.45, 7) is 0. The molecule has 4 bridgehead atoms. The summed E-state index contributed by atoms with van der Waals surface area (Å²) in [4.78, 5) is 33.3. The number of hydrogen-bond donors (Lipinski definition) is 1. The van der Waals surface area contributed by atoms with Crippen LogP contribution in [-0.2, 0) is 10.2 Å². The van der Waals surface area contributed by atoms with Gasteiger partial charge in [0.05, 0.1) is 21.3 Å². The minimum atomic E-state index is -0.810. The fraction of sp³-hybridized carbons (Fsp3) is 0.588. The monoisotopic (exact) mass is 346 g/mol. The fourth-order valence-electron chi connectivity index (χ4n) is 6.06. The van der Waals surface area contributed by atoms with Crippen LogP contribution in [0.4, 0.5) is 11.4 Å².